The standard InChI is InChI=1S/C16H21IN2O3/c1-2-22-16(21)19-14(11-17)10-13(18-15(19)20)9-8-12-6-4-3-5-7-12/h3-7,13-14H,2,8-11H2,1H3,(H,18,20). The van der Waals surface area contributed by atoms with E-state index in [1.807, 2.05) is 18.2 Å². The monoisotopic (exact) mass is 416 g/mol. The van der Waals surface area contributed by atoms with E-state index in [1.54, 1.807) is 6.92 Å². The molecule has 1 aromatic rings. The summed E-state index contributed by atoms with van der Waals surface area (Å²) in [6.07, 6.45) is 2.00. The van der Waals surface area contributed by atoms with Crippen LogP contribution in [0.4, 0.5) is 9.59 Å². The van der Waals surface area contributed by atoms with Crippen LogP contribution in [-0.2, 0) is 11.2 Å². The van der Waals surface area contributed by atoms with E-state index in [1.165, 1.54) is 10.5 Å². The largest absolute Gasteiger partial charge is 0.449 e. The Hall–Kier alpha value is -1.31. The minimum absolute atomic E-state index is 0.0955. The summed E-state index contributed by atoms with van der Waals surface area (Å²) in [6, 6.07) is 9.86. The van der Waals surface area contributed by atoms with Gasteiger partial charge in [-0.05, 0) is 31.7 Å². The summed E-state index contributed by atoms with van der Waals surface area (Å²) in [5, 5.41) is 2.92. The van der Waals surface area contributed by atoms with E-state index in [9.17, 15) is 9.59 Å². The van der Waals surface area contributed by atoms with Crippen LogP contribution in [0.2, 0.25) is 0 Å². The quantitative estimate of drug-likeness (QED) is 0.592. The van der Waals surface area contributed by atoms with E-state index < -0.39 is 6.09 Å². The third-order valence-electron chi connectivity index (χ3n) is 3.74. The second-order valence-corrected chi connectivity index (χ2v) is 6.16. The molecule has 0 saturated carbocycles. The van der Waals surface area contributed by atoms with Crippen molar-refractivity contribution in [1.82, 2.24) is 10.2 Å². The molecule has 1 aliphatic heterocycles. The lowest BCUT2D eigenvalue weighted by Crippen LogP contribution is -2.59. The molecule has 0 radical (unpaired) electrons. The molecule has 0 aliphatic carbocycles. The summed E-state index contributed by atoms with van der Waals surface area (Å²) in [5.41, 5.74) is 1.26. The minimum atomic E-state index is -0.553. The molecule has 3 amide bonds. The number of carbonyl (C=O) groups excluding carboxylic acids is 2. The molecule has 1 aliphatic rings. The number of benzene rings is 1. The second kappa shape index (κ2) is 8.36. The average Bonchev–Trinajstić information content (AvgIpc) is 2.53. The van der Waals surface area contributed by atoms with Crippen molar-refractivity contribution in [2.24, 2.45) is 0 Å². The summed E-state index contributed by atoms with van der Waals surface area (Å²) in [6.45, 7) is 2.01. The van der Waals surface area contributed by atoms with Crippen molar-refractivity contribution >= 4 is 34.7 Å². The Kier molecular flexibility index (Phi) is 6.48. The Labute approximate surface area is 144 Å². The summed E-state index contributed by atoms with van der Waals surface area (Å²) >= 11 is 2.21. The number of ether oxygens (including phenoxy) is 1. The number of halogens is 1. The van der Waals surface area contributed by atoms with Crippen LogP contribution in [-0.4, -0.2) is 40.1 Å². The van der Waals surface area contributed by atoms with Gasteiger partial charge in [0.15, 0.2) is 0 Å². The molecular formula is C16H21IN2O3. The highest BCUT2D eigenvalue weighted by atomic mass is 127. The smallest absolute Gasteiger partial charge is 0.418 e. The second-order valence-electron chi connectivity index (χ2n) is 5.28. The zero-order valence-electron chi connectivity index (χ0n) is 12.6. The summed E-state index contributed by atoms with van der Waals surface area (Å²) in [5.74, 6) is 0. The number of nitrogens with zero attached hydrogens (tertiary/aromatic N) is 1. The molecule has 0 aromatic heterocycles. The van der Waals surface area contributed by atoms with Gasteiger partial charge in [-0.3, -0.25) is 0 Å². The van der Waals surface area contributed by atoms with Gasteiger partial charge in [0.25, 0.3) is 0 Å². The first-order valence-corrected chi connectivity index (χ1v) is 9.04. The van der Waals surface area contributed by atoms with Gasteiger partial charge >= 0.3 is 12.1 Å². The van der Waals surface area contributed by atoms with Crippen LogP contribution in [0.25, 0.3) is 0 Å². The topological polar surface area (TPSA) is 58.6 Å². The van der Waals surface area contributed by atoms with E-state index in [-0.39, 0.29) is 24.7 Å². The van der Waals surface area contributed by atoms with Crippen LogP contribution in [0, 0.1) is 0 Å². The first-order valence-electron chi connectivity index (χ1n) is 7.52. The Morgan fingerprint density at radius 3 is 2.77 bits per heavy atom. The maximum atomic E-state index is 12.2. The molecule has 120 valence electrons. The average molecular weight is 416 g/mol. The van der Waals surface area contributed by atoms with Crippen molar-refractivity contribution in [3.8, 4) is 0 Å². The fourth-order valence-corrected chi connectivity index (χ4v) is 3.39. The minimum Gasteiger partial charge on any atom is -0.449 e. The first kappa shape index (κ1) is 17.1. The van der Waals surface area contributed by atoms with Gasteiger partial charge in [0.1, 0.15) is 0 Å². The van der Waals surface area contributed by atoms with Gasteiger partial charge in [-0.1, -0.05) is 52.9 Å². The molecule has 0 bridgehead atoms. The van der Waals surface area contributed by atoms with E-state index in [2.05, 4.69) is 40.0 Å². The molecule has 6 heteroatoms. The number of carbonyl (C=O) groups is 2. The Morgan fingerprint density at radius 1 is 1.41 bits per heavy atom. The first-order chi connectivity index (χ1) is 10.7. The predicted octanol–water partition coefficient (Wildman–Crippen LogP) is 3.36. The maximum Gasteiger partial charge on any atom is 0.418 e. The molecule has 1 saturated heterocycles. The highest BCUT2D eigenvalue weighted by Crippen LogP contribution is 2.20. The van der Waals surface area contributed by atoms with Crippen molar-refractivity contribution in [2.45, 2.75) is 38.3 Å². The van der Waals surface area contributed by atoms with E-state index >= 15 is 0 Å². The number of aryl methyl sites for hydroxylation is 1. The van der Waals surface area contributed by atoms with Crippen molar-refractivity contribution < 1.29 is 14.3 Å². The highest BCUT2D eigenvalue weighted by Gasteiger charge is 2.37. The van der Waals surface area contributed by atoms with Crippen LogP contribution >= 0.6 is 22.6 Å². The summed E-state index contributed by atoms with van der Waals surface area (Å²) in [7, 11) is 0. The van der Waals surface area contributed by atoms with Crippen LogP contribution in [0.5, 0.6) is 0 Å². The van der Waals surface area contributed by atoms with Crippen LogP contribution in [0.1, 0.15) is 25.3 Å². The summed E-state index contributed by atoms with van der Waals surface area (Å²) in [4.78, 5) is 25.3. The molecular weight excluding hydrogens is 395 g/mol. The lowest BCUT2D eigenvalue weighted by molar-refractivity contribution is 0.0911. The van der Waals surface area contributed by atoms with Gasteiger partial charge in [-0.15, -0.1) is 0 Å². The molecule has 1 fully saturated rings. The van der Waals surface area contributed by atoms with Crippen molar-refractivity contribution in [3.63, 3.8) is 0 Å². The normalized spacial score (nSPS) is 21.4. The van der Waals surface area contributed by atoms with E-state index in [0.29, 0.717) is 4.43 Å². The third-order valence-corrected chi connectivity index (χ3v) is 4.75. The summed E-state index contributed by atoms with van der Waals surface area (Å²) < 4.78 is 5.69. The fraction of sp³-hybridized carbons (Fsp3) is 0.500. The number of alkyl halides is 1. The van der Waals surface area contributed by atoms with Gasteiger partial charge in [0.2, 0.25) is 0 Å². The molecule has 2 rings (SSSR count). The lowest BCUT2D eigenvalue weighted by Gasteiger charge is -2.37. The fourth-order valence-electron chi connectivity index (χ4n) is 2.64. The SMILES string of the molecule is CCOC(=O)N1C(=O)NC(CCc2ccccc2)CC1CI. The molecule has 2 atom stereocenters. The molecule has 0 spiro atoms. The van der Waals surface area contributed by atoms with Gasteiger partial charge in [-0.25, -0.2) is 14.5 Å². The maximum absolute atomic E-state index is 12.2. The number of urea groups is 1. The number of amides is 3. The van der Waals surface area contributed by atoms with E-state index in [0.717, 1.165) is 19.3 Å². The zero-order valence-corrected chi connectivity index (χ0v) is 14.8. The number of nitrogens with one attached hydrogen (secondary N) is 1. The predicted molar refractivity (Wildman–Crippen MR) is 93.2 cm³/mol. The molecule has 22 heavy (non-hydrogen) atoms. The molecule has 1 aromatic carbocycles. The van der Waals surface area contributed by atoms with Crippen LogP contribution < -0.4 is 5.32 Å². The van der Waals surface area contributed by atoms with Crippen molar-refractivity contribution in [1.29, 1.82) is 0 Å². The number of imide groups is 1. The Bertz CT molecular complexity index is 509. The van der Waals surface area contributed by atoms with Gasteiger partial charge < -0.3 is 10.1 Å². The molecule has 1 N–H and O–H groups in total. The zero-order chi connectivity index (χ0) is 15.9. The van der Waals surface area contributed by atoms with E-state index in [4.69, 9.17) is 4.74 Å². The van der Waals surface area contributed by atoms with Gasteiger partial charge in [0, 0.05) is 10.5 Å². The van der Waals surface area contributed by atoms with Crippen LogP contribution in [0.15, 0.2) is 30.3 Å². The van der Waals surface area contributed by atoms with Gasteiger partial charge in [0.05, 0.1) is 12.6 Å². The lowest BCUT2D eigenvalue weighted by atomic mass is 9.98. The molecule has 5 nitrogen and oxygen atoms in total. The van der Waals surface area contributed by atoms with Crippen molar-refractivity contribution in [3.05, 3.63) is 35.9 Å². The Balaban J connectivity index is 1.95. The third kappa shape index (κ3) is 4.34. The van der Waals surface area contributed by atoms with Crippen molar-refractivity contribution in [2.75, 3.05) is 11.0 Å². The van der Waals surface area contributed by atoms with Crippen LogP contribution in [0.3, 0.4) is 0 Å². The molecule has 2 unspecified atom stereocenters. The number of hydrogen-bond acceptors (Lipinski definition) is 3. The van der Waals surface area contributed by atoms with Gasteiger partial charge in [-0.2, -0.15) is 0 Å². The molecule has 1 heterocycles. The highest BCUT2D eigenvalue weighted by molar-refractivity contribution is 14.1. The number of rotatable bonds is 5. The number of hydrogen-bond donors (Lipinski definition) is 1. The Morgan fingerprint density at radius 2 is 2.14 bits per heavy atom.